The summed E-state index contributed by atoms with van der Waals surface area (Å²) in [4.78, 5) is 27.7. The summed E-state index contributed by atoms with van der Waals surface area (Å²) in [6, 6.07) is 11.7. The van der Waals surface area contributed by atoms with Gasteiger partial charge in [-0.2, -0.15) is 0 Å². The van der Waals surface area contributed by atoms with Crippen LogP contribution in [0.4, 0.5) is 16.2 Å². The molecular weight excluding hydrogens is 444 g/mol. The summed E-state index contributed by atoms with van der Waals surface area (Å²) < 4.78 is 5.64. The maximum absolute atomic E-state index is 13.2. The van der Waals surface area contributed by atoms with Crippen LogP contribution >= 0.6 is 11.6 Å². The van der Waals surface area contributed by atoms with Gasteiger partial charge in [-0.05, 0) is 73.5 Å². The van der Waals surface area contributed by atoms with Crippen molar-refractivity contribution in [2.24, 2.45) is 0 Å². The van der Waals surface area contributed by atoms with Crippen molar-refractivity contribution in [3.05, 3.63) is 58.6 Å². The summed E-state index contributed by atoms with van der Waals surface area (Å²) in [5.74, 6) is -0.261. The molecule has 2 atom stereocenters. The molecule has 1 saturated heterocycles. The molecule has 2 aromatic rings. The van der Waals surface area contributed by atoms with Gasteiger partial charge in [0.05, 0.1) is 19.3 Å². The molecule has 0 spiro atoms. The van der Waals surface area contributed by atoms with Crippen LogP contribution in [-0.4, -0.2) is 66.9 Å². The fourth-order valence-corrected chi connectivity index (χ4v) is 4.44. The van der Waals surface area contributed by atoms with Gasteiger partial charge in [0.25, 0.3) is 0 Å². The number of carbonyl (C=O) groups excluding carboxylic acids is 2. The summed E-state index contributed by atoms with van der Waals surface area (Å²) in [5, 5.41) is 18.9. The first kappa shape index (κ1) is 23.5. The number of urea groups is 1. The molecule has 0 radical (unpaired) electrons. The zero-order valence-electron chi connectivity index (χ0n) is 18.4. The average molecular weight is 473 g/mol. The van der Waals surface area contributed by atoms with Crippen molar-refractivity contribution in [3.8, 4) is 0 Å². The van der Waals surface area contributed by atoms with E-state index in [0.717, 1.165) is 31.6 Å². The molecule has 3 amide bonds. The number of amides is 3. The van der Waals surface area contributed by atoms with Gasteiger partial charge in [0.2, 0.25) is 5.91 Å². The molecule has 0 aromatic heterocycles. The largest absolute Gasteiger partial charge is 0.394 e. The number of halogens is 1. The number of nitrogens with zero attached hydrogens (tertiary/aromatic N) is 1. The predicted molar refractivity (Wildman–Crippen MR) is 128 cm³/mol. The Balaban J connectivity index is 1.47. The topological polar surface area (TPSA) is 103 Å². The van der Waals surface area contributed by atoms with Crippen LogP contribution in [-0.2, 0) is 22.4 Å². The number of fused-ring (bicyclic) bond motifs is 1. The highest BCUT2D eigenvalue weighted by Gasteiger charge is 2.40. The number of rotatable bonds is 6. The number of ether oxygens (including phenoxy) is 1. The summed E-state index contributed by atoms with van der Waals surface area (Å²) >= 11 is 5.92. The van der Waals surface area contributed by atoms with Crippen molar-refractivity contribution >= 4 is 34.9 Å². The van der Waals surface area contributed by atoms with Gasteiger partial charge >= 0.3 is 6.03 Å². The van der Waals surface area contributed by atoms with Crippen molar-refractivity contribution in [2.45, 2.75) is 31.4 Å². The number of aliphatic hydroxyl groups is 1. The zero-order chi connectivity index (χ0) is 23.2. The molecule has 2 aliphatic heterocycles. The first-order valence-corrected chi connectivity index (χ1v) is 11.6. The van der Waals surface area contributed by atoms with Gasteiger partial charge in [-0.15, -0.1) is 0 Å². The zero-order valence-corrected chi connectivity index (χ0v) is 19.1. The number of aliphatic hydroxyl groups excluding tert-OH is 1. The Labute approximate surface area is 198 Å². The predicted octanol–water partition coefficient (Wildman–Crippen LogP) is 2.65. The van der Waals surface area contributed by atoms with E-state index in [4.69, 9.17) is 21.4 Å². The highest BCUT2D eigenvalue weighted by Crippen LogP contribution is 2.25. The Hall–Kier alpha value is -2.65. The van der Waals surface area contributed by atoms with Crippen LogP contribution in [0.3, 0.4) is 0 Å². The van der Waals surface area contributed by atoms with E-state index in [1.54, 1.807) is 24.3 Å². The Bertz CT molecular complexity index is 985. The number of benzene rings is 2. The number of nitrogens with one attached hydrogen (secondary N) is 3. The van der Waals surface area contributed by atoms with Crippen molar-refractivity contribution in [3.63, 3.8) is 0 Å². The minimum absolute atomic E-state index is 0.117. The normalized spacial score (nSPS) is 20.1. The maximum Gasteiger partial charge on any atom is 0.322 e. The molecule has 0 aliphatic carbocycles. The van der Waals surface area contributed by atoms with Crippen LogP contribution in [0.25, 0.3) is 0 Å². The van der Waals surface area contributed by atoms with E-state index in [1.807, 2.05) is 12.1 Å². The molecular formula is C24H29ClN4O4. The second-order valence-corrected chi connectivity index (χ2v) is 8.72. The first-order chi connectivity index (χ1) is 16.0. The molecule has 2 unspecified atom stereocenters. The maximum atomic E-state index is 13.2. The van der Waals surface area contributed by atoms with Gasteiger partial charge in [0, 0.05) is 29.4 Å². The Morgan fingerprint density at radius 3 is 2.55 bits per heavy atom. The van der Waals surface area contributed by atoms with Crippen LogP contribution in [0.2, 0.25) is 5.02 Å². The summed E-state index contributed by atoms with van der Waals surface area (Å²) in [6.45, 7) is 2.16. The van der Waals surface area contributed by atoms with E-state index in [1.165, 1.54) is 16.0 Å². The van der Waals surface area contributed by atoms with E-state index < -0.39 is 6.04 Å². The lowest BCUT2D eigenvalue weighted by Gasteiger charge is -2.24. The molecule has 1 fully saturated rings. The van der Waals surface area contributed by atoms with Crippen molar-refractivity contribution in [1.82, 2.24) is 10.2 Å². The number of anilines is 2. The van der Waals surface area contributed by atoms with E-state index in [0.29, 0.717) is 17.1 Å². The third-order valence-electron chi connectivity index (χ3n) is 5.98. The van der Waals surface area contributed by atoms with Gasteiger partial charge < -0.3 is 30.7 Å². The van der Waals surface area contributed by atoms with Crippen LogP contribution in [0.5, 0.6) is 0 Å². The summed E-state index contributed by atoms with van der Waals surface area (Å²) in [7, 11) is 0. The molecule has 2 aromatic carbocycles. The molecule has 0 bridgehead atoms. The quantitative estimate of drug-likeness (QED) is 0.517. The average Bonchev–Trinajstić information content (AvgIpc) is 3.11. The Morgan fingerprint density at radius 1 is 1.06 bits per heavy atom. The number of carbonyl (C=O) groups is 2. The minimum atomic E-state index is -0.693. The second-order valence-electron chi connectivity index (χ2n) is 8.28. The number of hydrogen-bond donors (Lipinski definition) is 4. The van der Waals surface area contributed by atoms with E-state index in [2.05, 4.69) is 22.0 Å². The van der Waals surface area contributed by atoms with Crippen molar-refractivity contribution in [2.75, 3.05) is 43.5 Å². The Kier molecular flexibility index (Phi) is 7.82. The number of likely N-dealkylation sites (tertiary alicyclic amines) is 1. The number of hydrogen-bond acceptors (Lipinski definition) is 5. The lowest BCUT2D eigenvalue weighted by molar-refractivity contribution is -0.119. The molecule has 4 N–H and O–H groups in total. The van der Waals surface area contributed by atoms with Gasteiger partial charge in [0.15, 0.2) is 0 Å². The molecule has 4 rings (SSSR count). The van der Waals surface area contributed by atoms with Crippen molar-refractivity contribution < 1.29 is 19.4 Å². The fraction of sp³-hybridized carbons (Fsp3) is 0.417. The molecule has 8 nitrogen and oxygen atoms in total. The van der Waals surface area contributed by atoms with Gasteiger partial charge in [0.1, 0.15) is 6.04 Å². The highest BCUT2D eigenvalue weighted by molar-refractivity contribution is 6.30. The van der Waals surface area contributed by atoms with Crippen LogP contribution in [0, 0.1) is 0 Å². The second kappa shape index (κ2) is 11.0. The molecule has 0 saturated carbocycles. The SMILES string of the molecule is O=C(Nc1ccc2c(c1)CCNCC2)C1CC(OCCO)CN1C(=O)Nc1ccc(Cl)cc1. The van der Waals surface area contributed by atoms with Crippen LogP contribution < -0.4 is 16.0 Å². The molecule has 176 valence electrons. The molecule has 2 heterocycles. The standard InChI is InChI=1S/C24H29ClN4O4/c25-18-2-5-19(6-3-18)28-24(32)29-15-21(33-12-11-30)14-22(29)23(31)27-20-4-1-16-7-9-26-10-8-17(16)13-20/h1-6,13,21-22,26,30H,7-12,14-15H2,(H,27,31)(H,28,32). The van der Waals surface area contributed by atoms with Gasteiger partial charge in [-0.1, -0.05) is 17.7 Å². The lowest BCUT2D eigenvalue weighted by atomic mass is 10.0. The van der Waals surface area contributed by atoms with E-state index in [9.17, 15) is 9.59 Å². The summed E-state index contributed by atoms with van der Waals surface area (Å²) in [6.07, 6.45) is 1.90. The third kappa shape index (κ3) is 6.03. The highest BCUT2D eigenvalue weighted by atomic mass is 35.5. The van der Waals surface area contributed by atoms with E-state index in [-0.39, 0.29) is 37.8 Å². The van der Waals surface area contributed by atoms with Crippen LogP contribution in [0.1, 0.15) is 17.5 Å². The monoisotopic (exact) mass is 472 g/mol. The third-order valence-corrected chi connectivity index (χ3v) is 6.23. The lowest BCUT2D eigenvalue weighted by Crippen LogP contribution is -2.45. The first-order valence-electron chi connectivity index (χ1n) is 11.2. The van der Waals surface area contributed by atoms with Gasteiger partial charge in [-0.3, -0.25) is 4.79 Å². The van der Waals surface area contributed by atoms with Crippen LogP contribution in [0.15, 0.2) is 42.5 Å². The summed E-state index contributed by atoms with van der Waals surface area (Å²) in [5.41, 5.74) is 3.83. The fourth-order valence-electron chi connectivity index (χ4n) is 4.32. The minimum Gasteiger partial charge on any atom is -0.394 e. The smallest absolute Gasteiger partial charge is 0.322 e. The molecule has 9 heteroatoms. The molecule has 2 aliphatic rings. The Morgan fingerprint density at radius 2 is 1.79 bits per heavy atom. The molecule has 33 heavy (non-hydrogen) atoms. The van der Waals surface area contributed by atoms with E-state index >= 15 is 0 Å². The van der Waals surface area contributed by atoms with Gasteiger partial charge in [-0.25, -0.2) is 4.79 Å². The van der Waals surface area contributed by atoms with Crippen molar-refractivity contribution in [1.29, 1.82) is 0 Å².